The van der Waals surface area contributed by atoms with Crippen LogP contribution < -0.4 is 0 Å². The number of rotatable bonds is 4. The Bertz CT molecular complexity index is 1070. The first kappa shape index (κ1) is 23.6. The number of allylic oxidation sites excluding steroid dienone is 2. The highest BCUT2D eigenvalue weighted by Gasteiger charge is 2.69. The normalized spacial score (nSPS) is 56.2. The first-order chi connectivity index (χ1) is 19.3. The van der Waals surface area contributed by atoms with E-state index in [2.05, 4.69) is 0 Å². The van der Waals surface area contributed by atoms with Crippen molar-refractivity contribution in [2.45, 2.75) is 77.0 Å². The van der Waals surface area contributed by atoms with E-state index < -0.39 is 23.7 Å². The first-order valence-electron chi connectivity index (χ1n) is 16.7. The molecular weight excluding hydrogens is 500 g/mol. The molecule has 13 aliphatic rings. The molecule has 2 saturated heterocycles. The van der Waals surface area contributed by atoms with Crippen molar-refractivity contribution in [3.8, 4) is 0 Å². The molecule has 0 N–H and O–H groups in total. The second-order valence-electron chi connectivity index (χ2n) is 17.0. The number of hydrogen-bond acceptors (Lipinski definition) is 4. The monoisotopic (exact) mass is 542 g/mol. The van der Waals surface area contributed by atoms with E-state index in [1.807, 2.05) is 12.2 Å². The maximum absolute atomic E-state index is 14.1. The van der Waals surface area contributed by atoms with Crippen molar-refractivity contribution in [2.24, 2.45) is 81.8 Å². The van der Waals surface area contributed by atoms with E-state index in [0.29, 0.717) is 13.1 Å². The Labute approximate surface area is 236 Å². The Morgan fingerprint density at radius 2 is 0.725 bits per heavy atom. The van der Waals surface area contributed by atoms with Gasteiger partial charge in [-0.2, -0.15) is 0 Å². The molecule has 0 aromatic rings. The molecule has 4 amide bonds. The van der Waals surface area contributed by atoms with Crippen LogP contribution in [0.2, 0.25) is 0 Å². The number of hydrogen-bond donors (Lipinski definition) is 0. The van der Waals surface area contributed by atoms with Crippen molar-refractivity contribution in [3.63, 3.8) is 0 Å². The maximum atomic E-state index is 14.1. The van der Waals surface area contributed by atoms with Gasteiger partial charge < -0.3 is 0 Å². The van der Waals surface area contributed by atoms with Crippen LogP contribution in [0.1, 0.15) is 77.0 Å². The zero-order valence-corrected chi connectivity index (χ0v) is 23.5. The summed E-state index contributed by atoms with van der Waals surface area (Å²) in [6.45, 7) is 1.16. The number of imide groups is 2. The van der Waals surface area contributed by atoms with Gasteiger partial charge in [-0.1, -0.05) is 12.2 Å². The molecule has 11 aliphatic carbocycles. The second-order valence-corrected chi connectivity index (χ2v) is 17.0. The number of likely N-dealkylation sites (tertiary alicyclic amines) is 2. The van der Waals surface area contributed by atoms with Gasteiger partial charge in [0.15, 0.2) is 0 Å². The van der Waals surface area contributed by atoms with Gasteiger partial charge in [0.2, 0.25) is 23.6 Å². The van der Waals surface area contributed by atoms with E-state index in [-0.39, 0.29) is 46.3 Å². The Hall–Kier alpha value is -1.98. The molecule has 0 unspecified atom stereocenters. The number of carbonyl (C=O) groups is 4. The molecule has 9 saturated carbocycles. The smallest absolute Gasteiger partial charge is 0.233 e. The summed E-state index contributed by atoms with van der Waals surface area (Å²) in [7, 11) is 0. The lowest BCUT2D eigenvalue weighted by Gasteiger charge is -2.57. The van der Waals surface area contributed by atoms with Gasteiger partial charge in [-0.15, -0.1) is 0 Å². The SMILES string of the molecule is O=C1[C@@H]2C3C=CC([C@@H]2C(=O)N1CC12CC4CC(CC(C4)C1)C2)[C@@H]1C(=O)N(CC24CC5CC(CC(C5)C2)C4)C(=O)[C@H]31. The lowest BCUT2D eigenvalue weighted by Crippen LogP contribution is -2.52. The highest BCUT2D eigenvalue weighted by atomic mass is 16.2. The van der Waals surface area contributed by atoms with Gasteiger partial charge in [0.05, 0.1) is 23.7 Å². The van der Waals surface area contributed by atoms with E-state index in [4.69, 9.17) is 0 Å². The molecule has 2 heterocycles. The maximum Gasteiger partial charge on any atom is 0.233 e. The molecule has 4 atom stereocenters. The Morgan fingerprint density at radius 3 is 0.975 bits per heavy atom. The average molecular weight is 543 g/mol. The standard InChI is InChI=1S/C34H42N2O4/c37-29-25-23-1-2-24(27(25)31(39)35(29)15-33-9-17-3-18(10-33)5-19(4-17)11-33)28-26(23)30(38)36(32(28)40)16-34-12-20-6-21(13-34)8-22(7-20)14-34/h1-2,17-28H,3-16H2/t17?,18?,19?,20?,21?,22?,23?,24?,25-,26-,27+,28+,33?,34?. The van der Waals surface area contributed by atoms with Crippen LogP contribution in [-0.4, -0.2) is 46.5 Å². The van der Waals surface area contributed by atoms with Gasteiger partial charge in [0.25, 0.3) is 0 Å². The van der Waals surface area contributed by atoms with Crippen LogP contribution in [0.5, 0.6) is 0 Å². The third-order valence-electron chi connectivity index (χ3n) is 14.5. The quantitative estimate of drug-likeness (QED) is 0.389. The average Bonchev–Trinajstić information content (AvgIpc) is 3.30. The van der Waals surface area contributed by atoms with E-state index in [1.165, 1.54) is 77.0 Å². The van der Waals surface area contributed by atoms with E-state index in [9.17, 15) is 19.2 Å². The Kier molecular flexibility index (Phi) is 4.42. The number of amides is 4. The van der Waals surface area contributed by atoms with E-state index >= 15 is 0 Å². The van der Waals surface area contributed by atoms with Crippen LogP contribution in [0.3, 0.4) is 0 Å². The molecule has 0 aromatic heterocycles. The molecule has 2 aliphatic heterocycles. The van der Waals surface area contributed by atoms with Crippen molar-refractivity contribution < 1.29 is 19.2 Å². The lowest BCUT2D eigenvalue weighted by atomic mass is 9.49. The molecule has 6 heteroatoms. The molecule has 6 nitrogen and oxygen atoms in total. The molecule has 40 heavy (non-hydrogen) atoms. The summed E-state index contributed by atoms with van der Waals surface area (Å²) < 4.78 is 0. The summed E-state index contributed by atoms with van der Waals surface area (Å²) in [5, 5.41) is 0. The lowest BCUT2D eigenvalue weighted by molar-refractivity contribution is -0.146. The topological polar surface area (TPSA) is 74.8 Å². The Balaban J connectivity index is 0.929. The number of carbonyl (C=O) groups excluding carboxylic acids is 4. The summed E-state index contributed by atoms with van der Waals surface area (Å²) in [5.74, 6) is 2.06. The summed E-state index contributed by atoms with van der Waals surface area (Å²) in [6, 6.07) is 0. The van der Waals surface area contributed by atoms with Gasteiger partial charge in [-0.05, 0) is 123 Å². The molecule has 0 aromatic carbocycles. The minimum atomic E-state index is -0.450. The molecule has 11 fully saturated rings. The predicted octanol–water partition coefficient (Wildman–Crippen LogP) is 4.44. The second kappa shape index (κ2) is 7.50. The number of nitrogens with zero attached hydrogens (tertiary/aromatic N) is 2. The molecular formula is C34H42N2O4. The zero-order valence-electron chi connectivity index (χ0n) is 23.5. The Morgan fingerprint density at radius 1 is 0.475 bits per heavy atom. The third-order valence-corrected chi connectivity index (χ3v) is 14.5. The van der Waals surface area contributed by atoms with Gasteiger partial charge in [0.1, 0.15) is 0 Å². The van der Waals surface area contributed by atoms with Crippen LogP contribution in [0.4, 0.5) is 0 Å². The largest absolute Gasteiger partial charge is 0.282 e. The highest BCUT2D eigenvalue weighted by molar-refractivity contribution is 6.11. The van der Waals surface area contributed by atoms with Crippen molar-refractivity contribution >= 4 is 23.6 Å². The fraction of sp³-hybridized carbons (Fsp3) is 0.824. The van der Waals surface area contributed by atoms with Gasteiger partial charge in [0, 0.05) is 24.9 Å². The van der Waals surface area contributed by atoms with Gasteiger partial charge in [-0.25, -0.2) is 0 Å². The van der Waals surface area contributed by atoms with E-state index in [0.717, 1.165) is 35.5 Å². The zero-order chi connectivity index (χ0) is 26.7. The minimum Gasteiger partial charge on any atom is -0.282 e. The fourth-order valence-corrected chi connectivity index (χ4v) is 14.3. The molecule has 13 rings (SSSR count). The van der Waals surface area contributed by atoms with Crippen LogP contribution in [0, 0.1) is 81.8 Å². The summed E-state index contributed by atoms with van der Waals surface area (Å²) >= 11 is 0. The summed E-state index contributed by atoms with van der Waals surface area (Å²) in [6.07, 6.45) is 19.1. The van der Waals surface area contributed by atoms with Crippen LogP contribution in [0.25, 0.3) is 0 Å². The van der Waals surface area contributed by atoms with Crippen molar-refractivity contribution in [2.75, 3.05) is 13.1 Å². The molecule has 0 radical (unpaired) electrons. The molecule has 10 bridgehead atoms. The third kappa shape index (κ3) is 2.92. The summed E-state index contributed by atoms with van der Waals surface area (Å²) in [4.78, 5) is 59.6. The predicted molar refractivity (Wildman–Crippen MR) is 145 cm³/mol. The van der Waals surface area contributed by atoms with Gasteiger partial charge in [-0.3, -0.25) is 29.0 Å². The summed E-state index contributed by atoms with van der Waals surface area (Å²) in [5.41, 5.74) is 0.215. The van der Waals surface area contributed by atoms with E-state index in [1.54, 1.807) is 9.80 Å². The molecule has 212 valence electrons. The van der Waals surface area contributed by atoms with Gasteiger partial charge >= 0.3 is 0 Å². The fourth-order valence-electron chi connectivity index (χ4n) is 14.3. The van der Waals surface area contributed by atoms with Crippen LogP contribution in [-0.2, 0) is 19.2 Å². The first-order valence-corrected chi connectivity index (χ1v) is 16.7. The molecule has 0 spiro atoms. The highest BCUT2D eigenvalue weighted by Crippen LogP contribution is 2.64. The van der Waals surface area contributed by atoms with Crippen LogP contribution in [0.15, 0.2) is 12.2 Å². The van der Waals surface area contributed by atoms with Crippen molar-refractivity contribution in [1.82, 2.24) is 9.80 Å². The van der Waals surface area contributed by atoms with Crippen molar-refractivity contribution in [1.29, 1.82) is 0 Å². The minimum absolute atomic E-state index is 0.0386. The van der Waals surface area contributed by atoms with Crippen LogP contribution >= 0.6 is 0 Å². The van der Waals surface area contributed by atoms with Crippen molar-refractivity contribution in [3.05, 3.63) is 12.2 Å².